The van der Waals surface area contributed by atoms with Crippen LogP contribution in [0.4, 0.5) is 0 Å². The summed E-state index contributed by atoms with van der Waals surface area (Å²) in [6.07, 6.45) is 10.2. The number of rotatable bonds is 5. The van der Waals surface area contributed by atoms with Crippen LogP contribution in [0.2, 0.25) is 0 Å². The summed E-state index contributed by atoms with van der Waals surface area (Å²) in [7, 11) is 2.04. The summed E-state index contributed by atoms with van der Waals surface area (Å²) in [5, 5.41) is 3.22. The topological polar surface area (TPSA) is 12.0 Å². The quantitative estimate of drug-likeness (QED) is 0.645. The Balaban J connectivity index is 2.05. The van der Waals surface area contributed by atoms with Crippen LogP contribution in [-0.2, 0) is 0 Å². The molecule has 1 nitrogen and oxygen atoms in total. The highest BCUT2D eigenvalue weighted by Crippen LogP contribution is 2.32. The van der Waals surface area contributed by atoms with Crippen molar-refractivity contribution < 1.29 is 0 Å². The smallest absolute Gasteiger partial charge is 0.00519 e. The minimum Gasteiger partial charge on any atom is -0.320 e. The molecule has 1 saturated carbocycles. The van der Waals surface area contributed by atoms with E-state index in [0.717, 1.165) is 11.8 Å². The average Bonchev–Trinajstić information content (AvgIpc) is 2.15. The third-order valence-corrected chi connectivity index (χ3v) is 3.54. The van der Waals surface area contributed by atoms with Gasteiger partial charge in [-0.3, -0.25) is 0 Å². The van der Waals surface area contributed by atoms with Crippen molar-refractivity contribution in [1.82, 2.24) is 5.32 Å². The van der Waals surface area contributed by atoms with E-state index in [4.69, 9.17) is 0 Å². The van der Waals surface area contributed by atoms with Gasteiger partial charge in [0, 0.05) is 0 Å². The van der Waals surface area contributed by atoms with Crippen LogP contribution in [0.1, 0.15) is 51.9 Å². The Morgan fingerprint density at radius 2 is 1.92 bits per heavy atom. The predicted octanol–water partition coefficient (Wildman–Crippen LogP) is 3.20. The molecule has 0 heterocycles. The maximum absolute atomic E-state index is 3.22. The Labute approximate surface area is 83.3 Å². The summed E-state index contributed by atoms with van der Waals surface area (Å²) >= 11 is 0. The van der Waals surface area contributed by atoms with Gasteiger partial charge in [0.15, 0.2) is 0 Å². The van der Waals surface area contributed by atoms with E-state index in [1.54, 1.807) is 0 Å². The third-order valence-electron chi connectivity index (χ3n) is 3.54. The van der Waals surface area contributed by atoms with E-state index < -0.39 is 0 Å². The largest absolute Gasteiger partial charge is 0.320 e. The van der Waals surface area contributed by atoms with Crippen molar-refractivity contribution in [2.24, 2.45) is 11.8 Å². The van der Waals surface area contributed by atoms with Crippen LogP contribution >= 0.6 is 0 Å². The molecule has 2 unspecified atom stereocenters. The van der Waals surface area contributed by atoms with E-state index in [0.29, 0.717) is 0 Å². The highest BCUT2D eigenvalue weighted by molar-refractivity contribution is 4.72. The van der Waals surface area contributed by atoms with Crippen LogP contribution in [0.5, 0.6) is 0 Å². The molecule has 0 aromatic rings. The minimum atomic E-state index is 1.00. The van der Waals surface area contributed by atoms with Gasteiger partial charge in [0.2, 0.25) is 0 Å². The fourth-order valence-corrected chi connectivity index (χ4v) is 2.53. The molecule has 0 aliphatic heterocycles. The molecule has 2 atom stereocenters. The molecule has 1 aliphatic carbocycles. The van der Waals surface area contributed by atoms with Crippen molar-refractivity contribution in [1.29, 1.82) is 0 Å². The van der Waals surface area contributed by atoms with E-state index in [2.05, 4.69) is 12.2 Å². The minimum absolute atomic E-state index is 1.00. The van der Waals surface area contributed by atoms with Crippen LogP contribution < -0.4 is 5.32 Å². The fourth-order valence-electron chi connectivity index (χ4n) is 2.53. The van der Waals surface area contributed by atoms with Crippen LogP contribution in [0.3, 0.4) is 0 Å². The SMILES string of the molecule is CNCCCCC1CCCCC1C. The van der Waals surface area contributed by atoms with Gasteiger partial charge in [0.05, 0.1) is 0 Å². The van der Waals surface area contributed by atoms with Crippen LogP contribution in [0, 0.1) is 11.8 Å². The van der Waals surface area contributed by atoms with Crippen molar-refractivity contribution in [3.05, 3.63) is 0 Å². The zero-order chi connectivity index (χ0) is 9.52. The van der Waals surface area contributed by atoms with E-state index >= 15 is 0 Å². The predicted molar refractivity (Wildman–Crippen MR) is 58.9 cm³/mol. The highest BCUT2D eigenvalue weighted by Gasteiger charge is 2.20. The zero-order valence-corrected chi connectivity index (χ0v) is 9.31. The molecule has 13 heavy (non-hydrogen) atoms. The van der Waals surface area contributed by atoms with Crippen LogP contribution in [-0.4, -0.2) is 13.6 Å². The Hall–Kier alpha value is -0.0400. The first-order valence-electron chi connectivity index (χ1n) is 5.99. The first kappa shape index (κ1) is 11.0. The molecule has 0 amide bonds. The Morgan fingerprint density at radius 3 is 2.62 bits per heavy atom. The van der Waals surface area contributed by atoms with Crippen LogP contribution in [0.25, 0.3) is 0 Å². The summed E-state index contributed by atoms with van der Waals surface area (Å²) in [4.78, 5) is 0. The fraction of sp³-hybridized carbons (Fsp3) is 1.00. The summed E-state index contributed by atoms with van der Waals surface area (Å²) in [5.41, 5.74) is 0. The molecule has 0 bridgehead atoms. The van der Waals surface area contributed by atoms with Gasteiger partial charge in [0.1, 0.15) is 0 Å². The molecular weight excluding hydrogens is 158 g/mol. The van der Waals surface area contributed by atoms with Gasteiger partial charge in [-0.05, 0) is 31.8 Å². The first-order valence-corrected chi connectivity index (χ1v) is 5.99. The standard InChI is InChI=1S/C12H25N/c1-11-7-3-4-8-12(11)9-5-6-10-13-2/h11-13H,3-10H2,1-2H3. The van der Waals surface area contributed by atoms with Crippen molar-refractivity contribution in [3.8, 4) is 0 Å². The lowest BCUT2D eigenvalue weighted by Gasteiger charge is -2.28. The third kappa shape index (κ3) is 4.12. The Kier molecular flexibility index (Phi) is 5.45. The lowest BCUT2D eigenvalue weighted by atomic mass is 9.78. The molecule has 1 aliphatic rings. The summed E-state index contributed by atoms with van der Waals surface area (Å²) in [5.74, 6) is 2.05. The normalized spacial score (nSPS) is 29.1. The molecule has 1 N–H and O–H groups in total. The van der Waals surface area contributed by atoms with Crippen molar-refractivity contribution in [3.63, 3.8) is 0 Å². The van der Waals surface area contributed by atoms with E-state index in [9.17, 15) is 0 Å². The highest BCUT2D eigenvalue weighted by atomic mass is 14.8. The maximum Gasteiger partial charge on any atom is -0.00519 e. The van der Waals surface area contributed by atoms with E-state index in [1.165, 1.54) is 51.5 Å². The molecular formula is C12H25N. The van der Waals surface area contributed by atoms with Gasteiger partial charge in [0.25, 0.3) is 0 Å². The molecule has 78 valence electrons. The monoisotopic (exact) mass is 183 g/mol. The van der Waals surface area contributed by atoms with Crippen molar-refractivity contribution in [2.45, 2.75) is 51.9 Å². The van der Waals surface area contributed by atoms with Gasteiger partial charge in [-0.25, -0.2) is 0 Å². The number of nitrogens with one attached hydrogen (secondary N) is 1. The van der Waals surface area contributed by atoms with Gasteiger partial charge in [-0.15, -0.1) is 0 Å². The van der Waals surface area contributed by atoms with Gasteiger partial charge >= 0.3 is 0 Å². The van der Waals surface area contributed by atoms with E-state index in [1.807, 2.05) is 7.05 Å². The molecule has 0 aromatic heterocycles. The second-order valence-electron chi connectivity index (χ2n) is 4.62. The average molecular weight is 183 g/mol. The molecule has 1 heteroatoms. The van der Waals surface area contributed by atoms with Crippen LogP contribution in [0.15, 0.2) is 0 Å². The molecule has 1 rings (SSSR count). The number of hydrogen-bond donors (Lipinski definition) is 1. The Morgan fingerprint density at radius 1 is 1.15 bits per heavy atom. The van der Waals surface area contributed by atoms with Gasteiger partial charge in [-0.2, -0.15) is 0 Å². The maximum atomic E-state index is 3.22. The summed E-state index contributed by atoms with van der Waals surface area (Å²) < 4.78 is 0. The molecule has 0 aromatic carbocycles. The molecule has 0 saturated heterocycles. The number of unbranched alkanes of at least 4 members (excludes halogenated alkanes) is 1. The molecule has 0 radical (unpaired) electrons. The second-order valence-corrected chi connectivity index (χ2v) is 4.62. The Bertz CT molecular complexity index is 122. The molecule has 1 fully saturated rings. The summed E-state index contributed by atoms with van der Waals surface area (Å²) in [6, 6.07) is 0. The van der Waals surface area contributed by atoms with Crippen molar-refractivity contribution in [2.75, 3.05) is 13.6 Å². The number of hydrogen-bond acceptors (Lipinski definition) is 1. The van der Waals surface area contributed by atoms with Crippen molar-refractivity contribution >= 4 is 0 Å². The second kappa shape index (κ2) is 6.42. The van der Waals surface area contributed by atoms with Gasteiger partial charge in [-0.1, -0.05) is 45.4 Å². The lowest BCUT2D eigenvalue weighted by Crippen LogP contribution is -2.17. The van der Waals surface area contributed by atoms with Gasteiger partial charge < -0.3 is 5.32 Å². The zero-order valence-electron chi connectivity index (χ0n) is 9.31. The first-order chi connectivity index (χ1) is 6.34. The summed E-state index contributed by atoms with van der Waals surface area (Å²) in [6.45, 7) is 3.64. The van der Waals surface area contributed by atoms with E-state index in [-0.39, 0.29) is 0 Å². The molecule has 0 spiro atoms. The lowest BCUT2D eigenvalue weighted by molar-refractivity contribution is 0.237.